The maximum absolute atomic E-state index is 4.26. The van der Waals surface area contributed by atoms with Crippen LogP contribution in [0.25, 0.3) is 0 Å². The predicted octanol–water partition coefficient (Wildman–Crippen LogP) is 1.46. The summed E-state index contributed by atoms with van der Waals surface area (Å²) in [6, 6.07) is 0.298. The van der Waals surface area contributed by atoms with Gasteiger partial charge in [0, 0.05) is 61.8 Å². The fraction of sp³-hybridized carbons (Fsp3) is 0.750. The van der Waals surface area contributed by atoms with Gasteiger partial charge in [-0.1, -0.05) is 0 Å². The van der Waals surface area contributed by atoms with E-state index in [4.69, 9.17) is 0 Å². The smallest absolute Gasteiger partial charge is 0.115 e. The molecule has 1 fully saturated rings. The van der Waals surface area contributed by atoms with Gasteiger partial charge in [0.2, 0.25) is 0 Å². The van der Waals surface area contributed by atoms with Crippen LogP contribution in [0.5, 0.6) is 0 Å². The second kappa shape index (κ2) is 6.81. The number of hydrogen-bond acceptors (Lipinski definition) is 5. The first-order chi connectivity index (χ1) is 9.90. The minimum Gasteiger partial charge on any atom is -0.309 e. The number of rotatable bonds is 5. The Labute approximate surface area is 128 Å². The number of aromatic nitrogens is 2. The molecular formula is C16H29N5. The predicted molar refractivity (Wildman–Crippen MR) is 86.3 cm³/mol. The summed E-state index contributed by atoms with van der Waals surface area (Å²) in [4.78, 5) is 13.4. The summed E-state index contributed by atoms with van der Waals surface area (Å²) in [5.41, 5.74) is 2.52. The van der Waals surface area contributed by atoms with E-state index in [0.717, 1.165) is 38.4 Å². The summed E-state index contributed by atoms with van der Waals surface area (Å²) in [7, 11) is 2.22. The monoisotopic (exact) mass is 291 g/mol. The lowest BCUT2D eigenvalue weighted by atomic mass is 10.00. The average molecular weight is 291 g/mol. The maximum Gasteiger partial charge on any atom is 0.115 e. The van der Waals surface area contributed by atoms with Gasteiger partial charge in [0.15, 0.2) is 0 Å². The molecule has 0 bridgehead atoms. The molecule has 1 aliphatic rings. The number of likely N-dealkylation sites (N-methyl/N-ethyl adjacent to an activating group) is 1. The van der Waals surface area contributed by atoms with Gasteiger partial charge in [-0.15, -0.1) is 0 Å². The van der Waals surface area contributed by atoms with Crippen LogP contribution in [0.4, 0.5) is 0 Å². The molecule has 0 spiro atoms. The van der Waals surface area contributed by atoms with Gasteiger partial charge < -0.3 is 5.32 Å². The summed E-state index contributed by atoms with van der Waals surface area (Å²) in [6.45, 7) is 14.4. The van der Waals surface area contributed by atoms with Crippen molar-refractivity contribution in [1.29, 1.82) is 0 Å². The molecule has 118 valence electrons. The van der Waals surface area contributed by atoms with Gasteiger partial charge in [-0.05, 0) is 34.7 Å². The van der Waals surface area contributed by atoms with Crippen molar-refractivity contribution in [1.82, 2.24) is 25.1 Å². The summed E-state index contributed by atoms with van der Waals surface area (Å²) in [5, 5.41) is 3.59. The molecule has 1 aliphatic heterocycles. The Bertz CT molecular complexity index is 460. The Hall–Kier alpha value is -1.04. The van der Waals surface area contributed by atoms with E-state index in [1.165, 1.54) is 5.56 Å². The Kier molecular flexibility index (Phi) is 5.30. The first-order valence-corrected chi connectivity index (χ1v) is 7.83. The van der Waals surface area contributed by atoms with E-state index in [9.17, 15) is 0 Å². The van der Waals surface area contributed by atoms with E-state index in [1.54, 1.807) is 6.33 Å². The molecule has 1 atom stereocenters. The summed E-state index contributed by atoms with van der Waals surface area (Å²) >= 11 is 0. The van der Waals surface area contributed by atoms with Crippen molar-refractivity contribution >= 4 is 0 Å². The minimum atomic E-state index is 0.272. The fourth-order valence-corrected chi connectivity index (χ4v) is 2.91. The fourth-order valence-electron chi connectivity index (χ4n) is 2.91. The summed E-state index contributed by atoms with van der Waals surface area (Å²) < 4.78 is 0. The Morgan fingerprint density at radius 3 is 2.81 bits per heavy atom. The highest BCUT2D eigenvalue weighted by Crippen LogP contribution is 2.18. The van der Waals surface area contributed by atoms with Crippen molar-refractivity contribution in [3.05, 3.63) is 23.8 Å². The Morgan fingerprint density at radius 1 is 1.38 bits per heavy atom. The molecule has 2 rings (SSSR count). The molecule has 1 saturated heterocycles. The third kappa shape index (κ3) is 4.22. The molecule has 1 unspecified atom stereocenters. The van der Waals surface area contributed by atoms with Crippen molar-refractivity contribution in [2.45, 2.75) is 39.3 Å². The van der Waals surface area contributed by atoms with Gasteiger partial charge in [0.05, 0.1) is 0 Å². The zero-order valence-corrected chi connectivity index (χ0v) is 14.1. The van der Waals surface area contributed by atoms with Gasteiger partial charge >= 0.3 is 0 Å². The number of hydrogen-bond donors (Lipinski definition) is 1. The van der Waals surface area contributed by atoms with Gasteiger partial charge in [-0.25, -0.2) is 9.97 Å². The molecule has 0 aliphatic carbocycles. The molecule has 1 aromatic heterocycles. The normalized spacial score (nSPS) is 21.4. The van der Waals surface area contributed by atoms with Gasteiger partial charge in [-0.3, -0.25) is 9.80 Å². The van der Waals surface area contributed by atoms with Crippen LogP contribution in [0.3, 0.4) is 0 Å². The lowest BCUT2D eigenvalue weighted by Gasteiger charge is -2.45. The topological polar surface area (TPSA) is 44.3 Å². The van der Waals surface area contributed by atoms with E-state index < -0.39 is 0 Å². The third-order valence-corrected chi connectivity index (χ3v) is 4.69. The molecule has 5 nitrogen and oxygen atoms in total. The quantitative estimate of drug-likeness (QED) is 0.890. The van der Waals surface area contributed by atoms with Gasteiger partial charge in [0.1, 0.15) is 6.33 Å². The lowest BCUT2D eigenvalue weighted by molar-refractivity contribution is 0.0404. The molecule has 0 radical (unpaired) electrons. The number of piperazine rings is 1. The van der Waals surface area contributed by atoms with Crippen LogP contribution in [-0.4, -0.2) is 65.1 Å². The van der Waals surface area contributed by atoms with Crippen LogP contribution in [-0.2, 0) is 0 Å². The van der Waals surface area contributed by atoms with Crippen LogP contribution in [0.2, 0.25) is 0 Å². The highest BCUT2D eigenvalue weighted by atomic mass is 15.3. The minimum absolute atomic E-state index is 0.272. The number of aryl methyl sites for hydroxylation is 1. The molecule has 1 N–H and O–H groups in total. The zero-order valence-electron chi connectivity index (χ0n) is 14.1. The first kappa shape index (κ1) is 16.3. The lowest BCUT2D eigenvalue weighted by Crippen LogP contribution is -2.58. The second-order valence-electron chi connectivity index (χ2n) is 6.75. The highest BCUT2D eigenvalue weighted by Gasteiger charge is 2.30. The molecule has 5 heteroatoms. The third-order valence-electron chi connectivity index (χ3n) is 4.69. The van der Waals surface area contributed by atoms with Crippen LogP contribution in [0, 0.1) is 6.92 Å². The molecule has 1 aromatic rings. The highest BCUT2D eigenvalue weighted by molar-refractivity contribution is 5.17. The van der Waals surface area contributed by atoms with Crippen LogP contribution < -0.4 is 5.32 Å². The molecule has 0 aromatic carbocycles. The van der Waals surface area contributed by atoms with Gasteiger partial charge in [0.25, 0.3) is 0 Å². The van der Waals surface area contributed by atoms with Crippen LogP contribution >= 0.6 is 0 Å². The first-order valence-electron chi connectivity index (χ1n) is 7.83. The average Bonchev–Trinajstić information content (AvgIpc) is 2.43. The van der Waals surface area contributed by atoms with E-state index in [-0.39, 0.29) is 5.54 Å². The molecule has 21 heavy (non-hydrogen) atoms. The van der Waals surface area contributed by atoms with E-state index in [2.05, 4.69) is 52.9 Å². The molecule has 0 saturated carbocycles. The summed E-state index contributed by atoms with van der Waals surface area (Å²) in [5.74, 6) is 0. The Balaban J connectivity index is 1.78. The van der Waals surface area contributed by atoms with Gasteiger partial charge in [-0.2, -0.15) is 0 Å². The van der Waals surface area contributed by atoms with Crippen LogP contribution in [0.1, 0.15) is 38.1 Å². The van der Waals surface area contributed by atoms with Crippen molar-refractivity contribution in [3.8, 4) is 0 Å². The van der Waals surface area contributed by atoms with E-state index in [0.29, 0.717) is 6.04 Å². The van der Waals surface area contributed by atoms with Crippen molar-refractivity contribution in [3.63, 3.8) is 0 Å². The zero-order chi connectivity index (χ0) is 15.5. The SMILES string of the molecule is Cc1ncncc1C(C)NCCN1CCN(C)C(C)(C)C1. The number of nitrogens with zero attached hydrogens (tertiary/aromatic N) is 4. The summed E-state index contributed by atoms with van der Waals surface area (Å²) in [6.07, 6.45) is 3.52. The molecular weight excluding hydrogens is 262 g/mol. The van der Waals surface area contributed by atoms with E-state index >= 15 is 0 Å². The van der Waals surface area contributed by atoms with Crippen molar-refractivity contribution < 1.29 is 0 Å². The Morgan fingerprint density at radius 2 is 2.14 bits per heavy atom. The maximum atomic E-state index is 4.26. The van der Waals surface area contributed by atoms with Crippen LogP contribution in [0.15, 0.2) is 12.5 Å². The standard InChI is InChI=1S/C16H29N5/c1-13(15-10-17-12-19-14(15)2)18-6-7-21-9-8-20(5)16(3,4)11-21/h10,12-13,18H,6-9,11H2,1-5H3. The van der Waals surface area contributed by atoms with Crippen molar-refractivity contribution in [2.75, 3.05) is 39.8 Å². The van der Waals surface area contributed by atoms with E-state index in [1.807, 2.05) is 13.1 Å². The largest absolute Gasteiger partial charge is 0.309 e. The van der Waals surface area contributed by atoms with Crippen molar-refractivity contribution in [2.24, 2.45) is 0 Å². The number of nitrogens with one attached hydrogen (secondary N) is 1. The second-order valence-corrected chi connectivity index (χ2v) is 6.75. The molecule has 2 heterocycles. The molecule has 0 amide bonds.